The second kappa shape index (κ2) is 8.36. The molecule has 134 valence electrons. The molecule has 1 aliphatic heterocycles. The van der Waals surface area contributed by atoms with E-state index >= 15 is 0 Å². The molecule has 0 bridgehead atoms. The molecule has 1 aliphatic rings. The molecule has 3 rings (SSSR count). The van der Waals surface area contributed by atoms with Crippen molar-refractivity contribution in [2.75, 3.05) is 26.9 Å². The Morgan fingerprint density at radius 2 is 2.16 bits per heavy atom. The van der Waals surface area contributed by atoms with E-state index in [1.165, 1.54) is 6.07 Å². The third-order valence-corrected chi connectivity index (χ3v) is 4.70. The maximum Gasteiger partial charge on any atom is 0.131 e. The van der Waals surface area contributed by atoms with Crippen molar-refractivity contribution in [1.29, 1.82) is 0 Å². The summed E-state index contributed by atoms with van der Waals surface area (Å²) >= 11 is 0. The van der Waals surface area contributed by atoms with Crippen LogP contribution in [0.5, 0.6) is 5.75 Å². The van der Waals surface area contributed by atoms with Crippen molar-refractivity contribution in [3.63, 3.8) is 0 Å². The molecule has 1 aromatic heterocycles. The van der Waals surface area contributed by atoms with Gasteiger partial charge in [0.15, 0.2) is 0 Å². The maximum atomic E-state index is 14.3. The van der Waals surface area contributed by atoms with Gasteiger partial charge in [0.25, 0.3) is 0 Å². The number of nitrogens with zero attached hydrogens (tertiary/aromatic N) is 3. The van der Waals surface area contributed by atoms with Crippen LogP contribution < -0.4 is 4.74 Å². The summed E-state index contributed by atoms with van der Waals surface area (Å²) in [5, 5.41) is 0. The van der Waals surface area contributed by atoms with Gasteiger partial charge >= 0.3 is 0 Å². The van der Waals surface area contributed by atoms with E-state index in [-0.39, 0.29) is 11.9 Å². The average molecular weight is 345 g/mol. The van der Waals surface area contributed by atoms with E-state index in [0.717, 1.165) is 30.8 Å². The summed E-state index contributed by atoms with van der Waals surface area (Å²) < 4.78 is 25.3. The molecule has 1 unspecified atom stereocenters. The van der Waals surface area contributed by atoms with Crippen LogP contribution >= 0.6 is 0 Å². The smallest absolute Gasteiger partial charge is 0.131 e. The summed E-state index contributed by atoms with van der Waals surface area (Å²) in [5.74, 6) is 0.365. The van der Waals surface area contributed by atoms with E-state index in [1.54, 1.807) is 31.6 Å². The molecule has 0 radical (unpaired) electrons. The lowest BCUT2D eigenvalue weighted by atomic mass is 10.0. The topological polar surface area (TPSA) is 47.5 Å². The van der Waals surface area contributed by atoms with Crippen LogP contribution in [0.15, 0.2) is 30.6 Å². The van der Waals surface area contributed by atoms with Gasteiger partial charge < -0.3 is 9.47 Å². The van der Waals surface area contributed by atoms with Gasteiger partial charge in [0, 0.05) is 37.1 Å². The van der Waals surface area contributed by atoms with Gasteiger partial charge in [-0.25, -0.2) is 4.39 Å². The Labute approximate surface area is 147 Å². The standard InChI is InChI=1S/C19H24FN3O2/c1-14-18(22-9-8-21-14)7-6-15-13-25-11-10-23(15)12-16-17(20)4-3-5-19(16)24-2/h3-5,8-9,15H,6-7,10-13H2,1-2H3. The number of methoxy groups -OCH3 is 1. The number of halogens is 1. The van der Waals surface area contributed by atoms with Gasteiger partial charge in [0.2, 0.25) is 0 Å². The lowest BCUT2D eigenvalue weighted by molar-refractivity contribution is -0.0151. The second-order valence-electron chi connectivity index (χ2n) is 6.25. The highest BCUT2D eigenvalue weighted by atomic mass is 19.1. The molecule has 1 atom stereocenters. The van der Waals surface area contributed by atoms with E-state index < -0.39 is 0 Å². The first-order valence-corrected chi connectivity index (χ1v) is 8.58. The number of hydrogen-bond donors (Lipinski definition) is 0. The van der Waals surface area contributed by atoms with Crippen molar-refractivity contribution in [2.24, 2.45) is 0 Å². The Bertz CT molecular complexity index is 711. The largest absolute Gasteiger partial charge is 0.496 e. The van der Waals surface area contributed by atoms with Gasteiger partial charge in [0.1, 0.15) is 11.6 Å². The molecule has 0 N–H and O–H groups in total. The van der Waals surface area contributed by atoms with Crippen molar-refractivity contribution in [3.05, 3.63) is 53.4 Å². The van der Waals surface area contributed by atoms with Gasteiger partial charge in [-0.05, 0) is 31.9 Å². The maximum absolute atomic E-state index is 14.3. The monoisotopic (exact) mass is 345 g/mol. The highest BCUT2D eigenvalue weighted by molar-refractivity contribution is 5.34. The highest BCUT2D eigenvalue weighted by Crippen LogP contribution is 2.25. The fourth-order valence-electron chi connectivity index (χ4n) is 3.24. The summed E-state index contributed by atoms with van der Waals surface area (Å²) in [6.07, 6.45) is 5.16. The summed E-state index contributed by atoms with van der Waals surface area (Å²) in [6.45, 7) is 4.58. The quantitative estimate of drug-likeness (QED) is 0.806. The zero-order chi connectivity index (χ0) is 17.6. The molecule has 6 heteroatoms. The van der Waals surface area contributed by atoms with E-state index in [4.69, 9.17) is 9.47 Å². The lowest BCUT2D eigenvalue weighted by Gasteiger charge is -2.36. The van der Waals surface area contributed by atoms with Crippen molar-refractivity contribution >= 4 is 0 Å². The van der Waals surface area contributed by atoms with Crippen LogP contribution in [-0.2, 0) is 17.7 Å². The average Bonchev–Trinajstić information content (AvgIpc) is 2.63. The van der Waals surface area contributed by atoms with Gasteiger partial charge in [-0.3, -0.25) is 14.9 Å². The zero-order valence-electron chi connectivity index (χ0n) is 14.7. The molecule has 0 spiro atoms. The third-order valence-electron chi connectivity index (χ3n) is 4.70. The molecule has 0 aliphatic carbocycles. The SMILES string of the molecule is COc1cccc(F)c1CN1CCOCC1CCc1nccnc1C. The molecule has 1 saturated heterocycles. The number of aryl methyl sites for hydroxylation is 2. The highest BCUT2D eigenvalue weighted by Gasteiger charge is 2.25. The molecular weight excluding hydrogens is 321 g/mol. The first-order chi connectivity index (χ1) is 12.2. The van der Waals surface area contributed by atoms with Crippen LogP contribution in [0.4, 0.5) is 4.39 Å². The van der Waals surface area contributed by atoms with E-state index in [0.29, 0.717) is 31.1 Å². The molecule has 2 heterocycles. The second-order valence-corrected chi connectivity index (χ2v) is 6.25. The first kappa shape index (κ1) is 17.8. The first-order valence-electron chi connectivity index (χ1n) is 8.58. The molecule has 2 aromatic rings. The van der Waals surface area contributed by atoms with Crippen LogP contribution in [0.3, 0.4) is 0 Å². The van der Waals surface area contributed by atoms with Crippen LogP contribution in [0.1, 0.15) is 23.4 Å². The summed E-state index contributed by atoms with van der Waals surface area (Å²) in [7, 11) is 1.58. The minimum Gasteiger partial charge on any atom is -0.496 e. The molecular formula is C19H24FN3O2. The fraction of sp³-hybridized carbons (Fsp3) is 0.474. The molecule has 25 heavy (non-hydrogen) atoms. The Hall–Kier alpha value is -2.05. The van der Waals surface area contributed by atoms with Gasteiger partial charge in [-0.15, -0.1) is 0 Å². The predicted molar refractivity (Wildman–Crippen MR) is 93.1 cm³/mol. The molecule has 1 aromatic carbocycles. The molecule has 0 amide bonds. The van der Waals surface area contributed by atoms with Crippen molar-refractivity contribution in [1.82, 2.24) is 14.9 Å². The Morgan fingerprint density at radius 1 is 1.32 bits per heavy atom. The van der Waals surface area contributed by atoms with E-state index in [1.807, 2.05) is 6.92 Å². The number of rotatable bonds is 6. The molecule has 0 saturated carbocycles. The van der Waals surface area contributed by atoms with Crippen LogP contribution in [0.25, 0.3) is 0 Å². The summed E-state index contributed by atoms with van der Waals surface area (Å²) in [5.41, 5.74) is 2.57. The van der Waals surface area contributed by atoms with Gasteiger partial charge in [-0.1, -0.05) is 6.07 Å². The number of aromatic nitrogens is 2. The van der Waals surface area contributed by atoms with E-state index in [2.05, 4.69) is 14.9 Å². The minimum atomic E-state index is -0.227. The number of ether oxygens (including phenoxy) is 2. The number of morpholine rings is 1. The van der Waals surface area contributed by atoms with Gasteiger partial charge in [-0.2, -0.15) is 0 Å². The molecule has 5 nitrogen and oxygen atoms in total. The van der Waals surface area contributed by atoms with Crippen molar-refractivity contribution in [3.8, 4) is 5.75 Å². The number of benzene rings is 1. The van der Waals surface area contributed by atoms with Crippen molar-refractivity contribution < 1.29 is 13.9 Å². The van der Waals surface area contributed by atoms with Crippen LogP contribution in [0.2, 0.25) is 0 Å². The third kappa shape index (κ3) is 4.32. The Kier molecular flexibility index (Phi) is 5.94. The Morgan fingerprint density at radius 3 is 2.96 bits per heavy atom. The van der Waals surface area contributed by atoms with Crippen molar-refractivity contribution in [2.45, 2.75) is 32.4 Å². The lowest BCUT2D eigenvalue weighted by Crippen LogP contribution is -2.45. The van der Waals surface area contributed by atoms with Crippen LogP contribution in [0, 0.1) is 12.7 Å². The van der Waals surface area contributed by atoms with Crippen LogP contribution in [-0.4, -0.2) is 47.8 Å². The predicted octanol–water partition coefficient (Wildman–Crippen LogP) is 2.77. The summed E-state index contributed by atoms with van der Waals surface area (Å²) in [4.78, 5) is 11.0. The summed E-state index contributed by atoms with van der Waals surface area (Å²) in [6, 6.07) is 5.18. The Balaban J connectivity index is 1.70. The van der Waals surface area contributed by atoms with E-state index in [9.17, 15) is 4.39 Å². The molecule has 1 fully saturated rings. The normalized spacial score (nSPS) is 18.3. The zero-order valence-corrected chi connectivity index (χ0v) is 14.7. The number of hydrogen-bond acceptors (Lipinski definition) is 5. The van der Waals surface area contributed by atoms with Gasteiger partial charge in [0.05, 0.1) is 31.7 Å². The minimum absolute atomic E-state index is 0.222. The fourth-order valence-corrected chi connectivity index (χ4v) is 3.24.